The monoisotopic (exact) mass is 306 g/mol. The molecule has 0 aromatic carbocycles. The average Bonchev–Trinajstić information content (AvgIpc) is 2.38. The highest BCUT2D eigenvalue weighted by Gasteiger charge is 2.23. The van der Waals surface area contributed by atoms with Crippen LogP contribution < -0.4 is 0 Å². The summed E-state index contributed by atoms with van der Waals surface area (Å²) in [6.07, 6.45) is 8.13. The fourth-order valence-electron chi connectivity index (χ4n) is 2.15. The van der Waals surface area contributed by atoms with Gasteiger partial charge in [-0.25, -0.2) is 0 Å². The van der Waals surface area contributed by atoms with Crippen molar-refractivity contribution in [3.8, 4) is 0 Å². The van der Waals surface area contributed by atoms with Gasteiger partial charge in [0.25, 0.3) is 0 Å². The third-order valence-corrected chi connectivity index (χ3v) is 3.60. The molecule has 0 radical (unpaired) electrons. The molecule has 0 aromatic heterocycles. The SMILES string of the molecule is C=C/C=C\C(CC(C)(C)CCN(C)C(=O)CC(C)(C)C)=N/C. The second-order valence-electron chi connectivity index (χ2n) is 7.95. The number of nitrogens with zero attached hydrogens (tertiary/aromatic N) is 2. The van der Waals surface area contributed by atoms with Crippen LogP contribution in [0, 0.1) is 10.8 Å². The number of carbonyl (C=O) groups excluding carboxylic acids is 1. The van der Waals surface area contributed by atoms with Crippen LogP contribution >= 0.6 is 0 Å². The molecule has 0 atom stereocenters. The van der Waals surface area contributed by atoms with E-state index in [1.807, 2.05) is 31.1 Å². The molecule has 0 spiro atoms. The highest BCUT2D eigenvalue weighted by molar-refractivity contribution is 5.95. The van der Waals surface area contributed by atoms with Crippen molar-refractivity contribution in [2.75, 3.05) is 20.6 Å². The van der Waals surface area contributed by atoms with E-state index < -0.39 is 0 Å². The van der Waals surface area contributed by atoms with Crippen molar-refractivity contribution >= 4 is 11.6 Å². The van der Waals surface area contributed by atoms with Crippen LogP contribution in [0.15, 0.2) is 29.8 Å². The van der Waals surface area contributed by atoms with E-state index in [1.165, 1.54) is 0 Å². The number of rotatable bonds is 8. The molecule has 0 aliphatic heterocycles. The van der Waals surface area contributed by atoms with E-state index >= 15 is 0 Å². The number of amides is 1. The first-order valence-electron chi connectivity index (χ1n) is 7.99. The molecule has 0 fully saturated rings. The van der Waals surface area contributed by atoms with Gasteiger partial charge in [0.2, 0.25) is 5.91 Å². The largest absolute Gasteiger partial charge is 0.346 e. The van der Waals surface area contributed by atoms with Crippen molar-refractivity contribution in [1.82, 2.24) is 4.90 Å². The molecule has 0 rings (SSSR count). The lowest BCUT2D eigenvalue weighted by atomic mass is 9.83. The first-order chi connectivity index (χ1) is 10.0. The average molecular weight is 306 g/mol. The second kappa shape index (κ2) is 8.92. The molecule has 0 aliphatic carbocycles. The van der Waals surface area contributed by atoms with Crippen LogP contribution in [-0.2, 0) is 4.79 Å². The molecule has 0 unspecified atom stereocenters. The van der Waals surface area contributed by atoms with Gasteiger partial charge in [0.1, 0.15) is 0 Å². The van der Waals surface area contributed by atoms with E-state index in [0.717, 1.165) is 25.1 Å². The Morgan fingerprint density at radius 3 is 2.23 bits per heavy atom. The van der Waals surface area contributed by atoms with E-state index in [0.29, 0.717) is 6.42 Å². The van der Waals surface area contributed by atoms with E-state index in [1.54, 1.807) is 6.08 Å². The summed E-state index contributed by atoms with van der Waals surface area (Å²) in [4.78, 5) is 18.4. The lowest BCUT2D eigenvalue weighted by Gasteiger charge is -2.29. The summed E-state index contributed by atoms with van der Waals surface area (Å²) in [6, 6.07) is 0. The molecule has 22 heavy (non-hydrogen) atoms. The summed E-state index contributed by atoms with van der Waals surface area (Å²) in [5.41, 5.74) is 1.21. The molecule has 0 N–H and O–H groups in total. The Labute approximate surface area is 137 Å². The van der Waals surface area contributed by atoms with E-state index in [2.05, 4.69) is 46.2 Å². The van der Waals surface area contributed by atoms with Crippen molar-refractivity contribution in [3.63, 3.8) is 0 Å². The Morgan fingerprint density at radius 1 is 1.18 bits per heavy atom. The molecule has 0 saturated carbocycles. The molecule has 3 nitrogen and oxygen atoms in total. The Bertz CT molecular complexity index is 425. The van der Waals surface area contributed by atoms with Gasteiger partial charge >= 0.3 is 0 Å². The van der Waals surface area contributed by atoms with Gasteiger partial charge in [-0.2, -0.15) is 0 Å². The van der Waals surface area contributed by atoms with Crippen LogP contribution in [0.25, 0.3) is 0 Å². The first-order valence-corrected chi connectivity index (χ1v) is 7.99. The van der Waals surface area contributed by atoms with E-state index in [9.17, 15) is 4.79 Å². The molecule has 3 heteroatoms. The number of aliphatic imine (C=N–C) groups is 1. The molecule has 126 valence electrons. The molecule has 0 heterocycles. The zero-order valence-corrected chi connectivity index (χ0v) is 15.6. The maximum absolute atomic E-state index is 12.2. The molecule has 1 amide bonds. The lowest BCUT2D eigenvalue weighted by Crippen LogP contribution is -2.33. The van der Waals surface area contributed by atoms with Gasteiger partial charge < -0.3 is 4.90 Å². The van der Waals surface area contributed by atoms with Gasteiger partial charge in [0.15, 0.2) is 0 Å². The highest BCUT2D eigenvalue weighted by atomic mass is 16.2. The summed E-state index contributed by atoms with van der Waals surface area (Å²) in [5.74, 6) is 0.222. The summed E-state index contributed by atoms with van der Waals surface area (Å²) in [5, 5.41) is 0. The van der Waals surface area contributed by atoms with Crippen LogP contribution in [0.4, 0.5) is 0 Å². The minimum Gasteiger partial charge on any atom is -0.346 e. The smallest absolute Gasteiger partial charge is 0.222 e. The standard InChI is InChI=1S/C19H34N2O/c1-9-10-11-16(20-7)14-19(5,6)12-13-21(8)17(22)15-18(2,3)4/h9-11H,1,12-15H2,2-8H3/b11-10-,20-16+. The topological polar surface area (TPSA) is 32.7 Å². The molecule has 0 bridgehead atoms. The van der Waals surface area contributed by atoms with Crippen LogP contribution in [0.3, 0.4) is 0 Å². The van der Waals surface area contributed by atoms with Crippen molar-refractivity contribution < 1.29 is 4.79 Å². The Balaban J connectivity index is 4.51. The van der Waals surface area contributed by atoms with E-state index in [4.69, 9.17) is 0 Å². The maximum Gasteiger partial charge on any atom is 0.222 e. The van der Waals surface area contributed by atoms with Gasteiger partial charge in [-0.3, -0.25) is 9.79 Å². The summed E-state index contributed by atoms with van der Waals surface area (Å²) >= 11 is 0. The maximum atomic E-state index is 12.2. The predicted molar refractivity (Wildman–Crippen MR) is 97.4 cm³/mol. The van der Waals surface area contributed by atoms with Crippen molar-refractivity contribution in [2.45, 2.75) is 53.9 Å². The fourth-order valence-corrected chi connectivity index (χ4v) is 2.15. The zero-order chi connectivity index (χ0) is 17.4. The molecule has 0 aromatic rings. The normalized spacial score (nSPS) is 13.5. The quantitative estimate of drug-likeness (QED) is 0.480. The molecular weight excluding hydrogens is 272 g/mol. The van der Waals surface area contributed by atoms with Crippen molar-refractivity contribution in [2.24, 2.45) is 15.8 Å². The van der Waals surface area contributed by atoms with Gasteiger partial charge in [0, 0.05) is 32.8 Å². The van der Waals surface area contributed by atoms with Crippen molar-refractivity contribution in [1.29, 1.82) is 0 Å². The molecule has 0 aliphatic rings. The highest BCUT2D eigenvalue weighted by Crippen LogP contribution is 2.27. The van der Waals surface area contributed by atoms with Crippen LogP contribution in [-0.4, -0.2) is 37.2 Å². The van der Waals surface area contributed by atoms with E-state index in [-0.39, 0.29) is 16.7 Å². The molecular formula is C19H34N2O. The Morgan fingerprint density at radius 2 is 1.77 bits per heavy atom. The van der Waals surface area contributed by atoms with Gasteiger partial charge in [-0.05, 0) is 29.7 Å². The Hall–Kier alpha value is -1.38. The summed E-state index contributed by atoms with van der Waals surface area (Å²) in [7, 11) is 3.72. The fraction of sp³-hybridized carbons (Fsp3) is 0.684. The predicted octanol–water partition coefficient (Wildman–Crippen LogP) is 4.50. The van der Waals surface area contributed by atoms with Crippen LogP contribution in [0.1, 0.15) is 53.9 Å². The van der Waals surface area contributed by atoms with Gasteiger partial charge in [0.05, 0.1) is 0 Å². The number of hydrogen-bond acceptors (Lipinski definition) is 2. The Kier molecular flexibility index (Phi) is 8.36. The summed E-state index contributed by atoms with van der Waals surface area (Å²) < 4.78 is 0. The lowest BCUT2D eigenvalue weighted by molar-refractivity contribution is -0.132. The third-order valence-electron chi connectivity index (χ3n) is 3.60. The minimum atomic E-state index is 0.0401. The summed E-state index contributed by atoms with van der Waals surface area (Å²) in [6.45, 7) is 15.2. The van der Waals surface area contributed by atoms with Gasteiger partial charge in [-0.15, -0.1) is 0 Å². The third kappa shape index (κ3) is 9.54. The number of allylic oxidation sites excluding steroid dienone is 3. The number of hydrogen-bond donors (Lipinski definition) is 0. The van der Waals surface area contributed by atoms with Crippen LogP contribution in [0.5, 0.6) is 0 Å². The minimum absolute atomic E-state index is 0.0401. The van der Waals surface area contributed by atoms with Crippen molar-refractivity contribution in [3.05, 3.63) is 24.8 Å². The number of carbonyl (C=O) groups is 1. The first kappa shape index (κ1) is 20.6. The molecule has 0 saturated heterocycles. The second-order valence-corrected chi connectivity index (χ2v) is 7.95. The van der Waals surface area contributed by atoms with Gasteiger partial charge in [-0.1, -0.05) is 53.3 Å². The zero-order valence-electron chi connectivity index (χ0n) is 15.6. The van der Waals surface area contributed by atoms with Crippen LogP contribution in [0.2, 0.25) is 0 Å².